The van der Waals surface area contributed by atoms with Gasteiger partial charge in [0.25, 0.3) is 5.91 Å². The Hall–Kier alpha value is -2.98. The molecule has 4 rings (SSSR count). The lowest BCUT2D eigenvalue weighted by Gasteiger charge is -2.35. The van der Waals surface area contributed by atoms with Crippen molar-refractivity contribution in [2.75, 3.05) is 4.90 Å². The topological polar surface area (TPSA) is 59.2 Å². The Morgan fingerprint density at radius 2 is 1.57 bits per heavy atom. The highest BCUT2D eigenvalue weighted by molar-refractivity contribution is 6.12. The van der Waals surface area contributed by atoms with Crippen LogP contribution in [0.5, 0.6) is 0 Å². The van der Waals surface area contributed by atoms with E-state index in [0.29, 0.717) is 11.4 Å². The lowest BCUT2D eigenvalue weighted by Crippen LogP contribution is -2.52. The molecule has 23 heavy (non-hydrogen) atoms. The van der Waals surface area contributed by atoms with E-state index in [1.807, 2.05) is 66.7 Å². The molecule has 2 N–H and O–H groups in total. The van der Waals surface area contributed by atoms with E-state index >= 15 is 0 Å². The maximum atomic E-state index is 13.0. The maximum absolute atomic E-state index is 13.0. The highest BCUT2D eigenvalue weighted by Crippen LogP contribution is 2.42. The summed E-state index contributed by atoms with van der Waals surface area (Å²) < 4.78 is 0. The van der Waals surface area contributed by atoms with E-state index in [-0.39, 0.29) is 5.91 Å². The third-order valence-electron chi connectivity index (χ3n) is 4.22. The predicted octanol–water partition coefficient (Wildman–Crippen LogP) is 2.90. The minimum absolute atomic E-state index is 0.134. The van der Waals surface area contributed by atoms with E-state index in [1.165, 1.54) is 0 Å². The van der Waals surface area contributed by atoms with Crippen LogP contribution in [0.4, 0.5) is 5.82 Å². The van der Waals surface area contributed by atoms with Gasteiger partial charge in [0.2, 0.25) is 0 Å². The number of carbonyl (C=O) groups is 1. The third-order valence-corrected chi connectivity index (χ3v) is 4.22. The van der Waals surface area contributed by atoms with Crippen LogP contribution in [-0.2, 0) is 5.66 Å². The molecule has 0 fully saturated rings. The maximum Gasteiger partial charge on any atom is 0.261 e. The Morgan fingerprint density at radius 3 is 2.30 bits per heavy atom. The fourth-order valence-electron chi connectivity index (χ4n) is 3.15. The average molecular weight is 301 g/mol. The normalized spacial score (nSPS) is 19.7. The number of nitrogens with zero attached hydrogens (tertiary/aromatic N) is 2. The van der Waals surface area contributed by atoms with Gasteiger partial charge in [0, 0.05) is 17.3 Å². The van der Waals surface area contributed by atoms with Crippen LogP contribution in [0, 0.1) is 0 Å². The average Bonchev–Trinajstić information content (AvgIpc) is 2.86. The first-order valence-corrected chi connectivity index (χ1v) is 7.42. The third kappa shape index (κ3) is 1.89. The van der Waals surface area contributed by atoms with Crippen molar-refractivity contribution >= 4 is 11.7 Å². The lowest BCUT2D eigenvalue weighted by atomic mass is 9.91. The van der Waals surface area contributed by atoms with Crippen LogP contribution < -0.4 is 10.6 Å². The van der Waals surface area contributed by atoms with Gasteiger partial charge in [0.15, 0.2) is 5.66 Å². The predicted molar refractivity (Wildman–Crippen MR) is 88.9 cm³/mol. The summed E-state index contributed by atoms with van der Waals surface area (Å²) in [6.45, 7) is 0. The Balaban J connectivity index is 2.01. The van der Waals surface area contributed by atoms with Crippen LogP contribution in [0.2, 0.25) is 0 Å². The van der Waals surface area contributed by atoms with Crippen molar-refractivity contribution < 1.29 is 4.79 Å². The van der Waals surface area contributed by atoms with Crippen LogP contribution in [-0.4, -0.2) is 10.9 Å². The fourth-order valence-corrected chi connectivity index (χ4v) is 3.15. The van der Waals surface area contributed by atoms with E-state index in [0.717, 1.165) is 11.1 Å². The minimum atomic E-state index is -1.07. The summed E-state index contributed by atoms with van der Waals surface area (Å²) in [7, 11) is 0. The van der Waals surface area contributed by atoms with Gasteiger partial charge in [0.1, 0.15) is 5.82 Å². The molecule has 0 saturated heterocycles. The summed E-state index contributed by atoms with van der Waals surface area (Å²) in [5, 5.41) is 0. The van der Waals surface area contributed by atoms with Crippen molar-refractivity contribution in [1.82, 2.24) is 4.98 Å². The molecular weight excluding hydrogens is 286 g/mol. The summed E-state index contributed by atoms with van der Waals surface area (Å²) in [4.78, 5) is 18.9. The summed E-state index contributed by atoms with van der Waals surface area (Å²) >= 11 is 0. The number of amides is 1. The van der Waals surface area contributed by atoms with Gasteiger partial charge in [-0.25, -0.2) is 4.98 Å². The van der Waals surface area contributed by atoms with E-state index in [1.54, 1.807) is 17.2 Å². The van der Waals surface area contributed by atoms with Crippen LogP contribution >= 0.6 is 0 Å². The Kier molecular flexibility index (Phi) is 2.99. The van der Waals surface area contributed by atoms with Gasteiger partial charge in [-0.15, -0.1) is 0 Å². The van der Waals surface area contributed by atoms with Crippen LogP contribution in [0.1, 0.15) is 21.5 Å². The number of aromatic nitrogens is 1. The first kappa shape index (κ1) is 13.7. The van der Waals surface area contributed by atoms with Crippen LogP contribution in [0.15, 0.2) is 79.0 Å². The molecule has 0 saturated carbocycles. The molecular formula is C19H15N3O. The molecule has 0 radical (unpaired) electrons. The van der Waals surface area contributed by atoms with Gasteiger partial charge < -0.3 is 5.73 Å². The molecule has 2 aromatic carbocycles. The summed E-state index contributed by atoms with van der Waals surface area (Å²) in [6, 6.07) is 22.6. The van der Waals surface area contributed by atoms with E-state index in [2.05, 4.69) is 4.98 Å². The highest BCUT2D eigenvalue weighted by atomic mass is 16.2. The van der Waals surface area contributed by atoms with E-state index in [4.69, 9.17) is 5.73 Å². The first-order valence-electron chi connectivity index (χ1n) is 7.42. The number of pyridine rings is 1. The number of nitrogens with two attached hydrogens (primary N) is 1. The van der Waals surface area contributed by atoms with Gasteiger partial charge >= 0.3 is 0 Å². The SMILES string of the molecule is NC1(c2ccccc2)c2ccccc2C(=O)N1c1ccccn1. The second-order valence-electron chi connectivity index (χ2n) is 5.51. The van der Waals surface area contributed by atoms with Crippen molar-refractivity contribution in [1.29, 1.82) is 0 Å². The summed E-state index contributed by atoms with van der Waals surface area (Å²) in [6.07, 6.45) is 1.66. The van der Waals surface area contributed by atoms with Crippen LogP contribution in [0.3, 0.4) is 0 Å². The van der Waals surface area contributed by atoms with Gasteiger partial charge in [-0.3, -0.25) is 9.69 Å². The van der Waals surface area contributed by atoms with Crippen molar-refractivity contribution in [3.05, 3.63) is 95.7 Å². The van der Waals surface area contributed by atoms with Gasteiger partial charge in [-0.05, 0) is 23.8 Å². The Bertz CT molecular complexity index is 864. The van der Waals surface area contributed by atoms with E-state index < -0.39 is 5.66 Å². The fraction of sp³-hybridized carbons (Fsp3) is 0.0526. The smallest absolute Gasteiger partial charge is 0.261 e. The first-order chi connectivity index (χ1) is 11.2. The van der Waals surface area contributed by atoms with E-state index in [9.17, 15) is 4.79 Å². The van der Waals surface area contributed by atoms with Crippen molar-refractivity contribution in [2.45, 2.75) is 5.66 Å². The van der Waals surface area contributed by atoms with Gasteiger partial charge in [-0.2, -0.15) is 0 Å². The molecule has 1 aliphatic rings. The largest absolute Gasteiger partial charge is 0.301 e. The zero-order valence-electron chi connectivity index (χ0n) is 12.4. The molecule has 3 aromatic rings. The number of hydrogen-bond donors (Lipinski definition) is 1. The molecule has 4 heteroatoms. The number of hydrogen-bond acceptors (Lipinski definition) is 3. The molecule has 1 aromatic heterocycles. The van der Waals surface area contributed by atoms with Gasteiger partial charge in [-0.1, -0.05) is 54.6 Å². The number of anilines is 1. The van der Waals surface area contributed by atoms with Crippen molar-refractivity contribution in [3.63, 3.8) is 0 Å². The molecule has 4 nitrogen and oxygen atoms in total. The molecule has 1 amide bonds. The molecule has 1 unspecified atom stereocenters. The minimum Gasteiger partial charge on any atom is -0.301 e. The zero-order chi connectivity index (χ0) is 15.9. The molecule has 0 spiro atoms. The molecule has 0 aliphatic carbocycles. The number of fused-ring (bicyclic) bond motifs is 1. The number of benzene rings is 2. The lowest BCUT2D eigenvalue weighted by molar-refractivity contribution is 0.0982. The summed E-state index contributed by atoms with van der Waals surface area (Å²) in [5.74, 6) is 0.408. The second-order valence-corrected chi connectivity index (χ2v) is 5.51. The highest BCUT2D eigenvalue weighted by Gasteiger charge is 2.49. The Morgan fingerprint density at radius 1 is 0.870 bits per heavy atom. The van der Waals surface area contributed by atoms with Gasteiger partial charge in [0.05, 0.1) is 0 Å². The molecule has 0 bridgehead atoms. The zero-order valence-corrected chi connectivity index (χ0v) is 12.4. The molecule has 1 atom stereocenters. The number of rotatable bonds is 2. The Labute approximate surface area is 134 Å². The number of carbonyl (C=O) groups excluding carboxylic acids is 1. The molecule has 1 aliphatic heterocycles. The van der Waals surface area contributed by atoms with Crippen molar-refractivity contribution in [3.8, 4) is 0 Å². The second kappa shape index (κ2) is 5.04. The monoisotopic (exact) mass is 301 g/mol. The van der Waals surface area contributed by atoms with Crippen molar-refractivity contribution in [2.24, 2.45) is 5.73 Å². The summed E-state index contributed by atoms with van der Waals surface area (Å²) in [5.41, 5.74) is 8.02. The van der Waals surface area contributed by atoms with Crippen LogP contribution in [0.25, 0.3) is 0 Å². The standard InChI is InChI=1S/C19H15N3O/c20-19(14-8-2-1-3-9-14)16-11-5-4-10-15(16)18(23)22(19)17-12-6-7-13-21-17/h1-13H,20H2. The quantitative estimate of drug-likeness (QED) is 0.791. The molecule has 2 heterocycles. The molecule has 112 valence electrons.